The van der Waals surface area contributed by atoms with Crippen LogP contribution >= 0.6 is 11.3 Å². The van der Waals surface area contributed by atoms with Crippen molar-refractivity contribution in [1.29, 1.82) is 0 Å². The fourth-order valence-electron chi connectivity index (χ4n) is 2.52. The highest BCUT2D eigenvalue weighted by molar-refractivity contribution is 7.09. The van der Waals surface area contributed by atoms with E-state index >= 15 is 0 Å². The molecular formula is C12H21N3S. The lowest BCUT2D eigenvalue weighted by atomic mass is 9.96. The third-order valence-electron chi connectivity index (χ3n) is 3.45. The van der Waals surface area contributed by atoms with Crippen molar-refractivity contribution in [1.82, 2.24) is 15.2 Å². The van der Waals surface area contributed by atoms with Gasteiger partial charge in [0.1, 0.15) is 0 Å². The van der Waals surface area contributed by atoms with Crippen LogP contribution in [0.3, 0.4) is 0 Å². The minimum Gasteiger partial charge on any atom is -0.319 e. The van der Waals surface area contributed by atoms with Crippen molar-refractivity contribution >= 4 is 11.3 Å². The van der Waals surface area contributed by atoms with E-state index < -0.39 is 0 Å². The molecule has 1 saturated heterocycles. The van der Waals surface area contributed by atoms with Gasteiger partial charge in [-0.15, -0.1) is 11.3 Å². The highest BCUT2D eigenvalue weighted by Gasteiger charge is 2.24. The van der Waals surface area contributed by atoms with Crippen LogP contribution in [-0.2, 0) is 0 Å². The Morgan fingerprint density at radius 3 is 3.25 bits per heavy atom. The summed E-state index contributed by atoms with van der Waals surface area (Å²) >= 11 is 1.77. The number of piperidine rings is 1. The Morgan fingerprint density at radius 2 is 2.56 bits per heavy atom. The molecule has 0 spiro atoms. The van der Waals surface area contributed by atoms with Gasteiger partial charge in [0, 0.05) is 23.7 Å². The maximum atomic E-state index is 4.17. The summed E-state index contributed by atoms with van der Waals surface area (Å²) in [5, 5.41) is 3.30. The molecule has 4 heteroatoms. The molecule has 2 unspecified atom stereocenters. The molecule has 2 heterocycles. The van der Waals surface area contributed by atoms with E-state index in [1.54, 1.807) is 11.3 Å². The molecule has 0 amide bonds. The number of nitrogens with one attached hydrogen (secondary N) is 1. The average Bonchev–Trinajstić information content (AvgIpc) is 2.82. The number of likely N-dealkylation sites (tertiary alicyclic amines) is 1. The number of thiazole rings is 1. The summed E-state index contributed by atoms with van der Waals surface area (Å²) in [5.41, 5.74) is 1.93. The van der Waals surface area contributed by atoms with E-state index in [2.05, 4.69) is 22.1 Å². The Balaban J connectivity index is 1.93. The summed E-state index contributed by atoms with van der Waals surface area (Å²) in [6.07, 6.45) is 4.71. The number of aromatic nitrogens is 1. The normalized spacial score (nSPS) is 24.5. The van der Waals surface area contributed by atoms with Gasteiger partial charge >= 0.3 is 0 Å². The van der Waals surface area contributed by atoms with Crippen LogP contribution in [0.25, 0.3) is 0 Å². The van der Waals surface area contributed by atoms with Gasteiger partial charge in [0.15, 0.2) is 0 Å². The summed E-state index contributed by atoms with van der Waals surface area (Å²) in [6, 6.07) is 0.534. The quantitative estimate of drug-likeness (QED) is 0.872. The molecule has 0 bridgehead atoms. The zero-order valence-corrected chi connectivity index (χ0v) is 11.0. The van der Waals surface area contributed by atoms with Gasteiger partial charge in [0.2, 0.25) is 0 Å². The van der Waals surface area contributed by atoms with Gasteiger partial charge in [0.05, 0.1) is 5.51 Å². The maximum Gasteiger partial charge on any atom is 0.0794 e. The largest absolute Gasteiger partial charge is 0.319 e. The molecule has 1 N–H and O–H groups in total. The van der Waals surface area contributed by atoms with E-state index in [4.69, 9.17) is 0 Å². The summed E-state index contributed by atoms with van der Waals surface area (Å²) in [6.45, 7) is 5.90. The van der Waals surface area contributed by atoms with Crippen LogP contribution in [-0.4, -0.2) is 36.6 Å². The van der Waals surface area contributed by atoms with Crippen molar-refractivity contribution in [3.05, 3.63) is 16.6 Å². The molecule has 2 atom stereocenters. The molecule has 0 radical (unpaired) electrons. The number of nitrogens with zero attached hydrogens (tertiary/aromatic N) is 2. The molecule has 1 aromatic heterocycles. The highest BCUT2D eigenvalue weighted by atomic mass is 32.1. The molecule has 1 aromatic rings. The second-order valence-electron chi connectivity index (χ2n) is 4.64. The molecule has 0 aliphatic carbocycles. The Kier molecular flexibility index (Phi) is 4.32. The van der Waals surface area contributed by atoms with Gasteiger partial charge in [-0.3, -0.25) is 9.88 Å². The predicted octanol–water partition coefficient (Wildman–Crippen LogP) is 2.14. The average molecular weight is 239 g/mol. The second kappa shape index (κ2) is 5.75. The van der Waals surface area contributed by atoms with Gasteiger partial charge in [-0.1, -0.05) is 0 Å². The zero-order valence-electron chi connectivity index (χ0n) is 10.1. The Hall–Kier alpha value is -0.450. The maximum absolute atomic E-state index is 4.17. The lowest BCUT2D eigenvalue weighted by molar-refractivity contribution is 0.133. The fraction of sp³-hybridized carbons (Fsp3) is 0.750. The number of hydrogen-bond acceptors (Lipinski definition) is 4. The van der Waals surface area contributed by atoms with E-state index in [1.165, 1.54) is 30.8 Å². The lowest BCUT2D eigenvalue weighted by Gasteiger charge is -2.36. The van der Waals surface area contributed by atoms with Crippen LogP contribution < -0.4 is 5.32 Å². The minimum absolute atomic E-state index is 0.534. The number of hydrogen-bond donors (Lipinski definition) is 1. The lowest BCUT2D eigenvalue weighted by Crippen LogP contribution is -2.40. The van der Waals surface area contributed by atoms with Gasteiger partial charge in [-0.2, -0.15) is 0 Å². The summed E-state index contributed by atoms with van der Waals surface area (Å²) in [4.78, 5) is 8.16. The highest BCUT2D eigenvalue weighted by Crippen LogP contribution is 2.28. The van der Waals surface area contributed by atoms with E-state index in [0.717, 1.165) is 12.5 Å². The van der Waals surface area contributed by atoms with Crippen molar-refractivity contribution in [3.63, 3.8) is 0 Å². The summed E-state index contributed by atoms with van der Waals surface area (Å²) in [7, 11) is 2.05. The molecule has 1 aliphatic rings. The Labute approximate surface area is 102 Å². The third-order valence-corrected chi connectivity index (χ3v) is 4.40. The van der Waals surface area contributed by atoms with Gasteiger partial charge in [0.25, 0.3) is 0 Å². The Bertz CT molecular complexity index is 297. The van der Waals surface area contributed by atoms with E-state index in [-0.39, 0.29) is 0 Å². The molecule has 90 valence electrons. The second-order valence-corrected chi connectivity index (χ2v) is 5.56. The third kappa shape index (κ3) is 2.81. The van der Waals surface area contributed by atoms with Gasteiger partial charge < -0.3 is 5.32 Å². The first kappa shape index (κ1) is 12.0. The minimum atomic E-state index is 0.534. The molecule has 1 aliphatic heterocycles. The van der Waals surface area contributed by atoms with E-state index in [0.29, 0.717) is 6.04 Å². The van der Waals surface area contributed by atoms with E-state index in [1.807, 2.05) is 18.8 Å². The first-order valence-electron chi connectivity index (χ1n) is 6.08. The van der Waals surface area contributed by atoms with Crippen LogP contribution in [0.4, 0.5) is 0 Å². The fourth-order valence-corrected chi connectivity index (χ4v) is 3.23. The molecular weight excluding hydrogens is 218 g/mol. The molecule has 16 heavy (non-hydrogen) atoms. The summed E-state index contributed by atoms with van der Waals surface area (Å²) < 4.78 is 0. The molecule has 3 nitrogen and oxygen atoms in total. The van der Waals surface area contributed by atoms with Gasteiger partial charge in [-0.05, 0) is 45.8 Å². The smallest absolute Gasteiger partial charge is 0.0794 e. The van der Waals surface area contributed by atoms with Crippen molar-refractivity contribution in [2.24, 2.45) is 5.92 Å². The van der Waals surface area contributed by atoms with Crippen molar-refractivity contribution < 1.29 is 0 Å². The number of rotatable bonds is 4. The molecule has 2 rings (SSSR count). The topological polar surface area (TPSA) is 28.2 Å². The molecule has 0 aromatic carbocycles. The summed E-state index contributed by atoms with van der Waals surface area (Å²) in [5.74, 6) is 0.814. The SMILES string of the molecule is CNCC1CCCN(C(C)c2cncs2)C1. The zero-order chi connectivity index (χ0) is 11.4. The van der Waals surface area contributed by atoms with Crippen LogP contribution in [0, 0.1) is 5.92 Å². The van der Waals surface area contributed by atoms with Gasteiger partial charge in [-0.25, -0.2) is 0 Å². The van der Waals surface area contributed by atoms with Crippen LogP contribution in [0.15, 0.2) is 11.7 Å². The standard InChI is InChI=1S/C12H21N3S/c1-10(12-7-14-9-16-12)15-5-3-4-11(8-15)6-13-2/h7,9-11,13H,3-6,8H2,1-2H3. The molecule has 1 fully saturated rings. The first-order valence-corrected chi connectivity index (χ1v) is 6.96. The predicted molar refractivity (Wildman–Crippen MR) is 68.8 cm³/mol. The van der Waals surface area contributed by atoms with Crippen molar-refractivity contribution in [3.8, 4) is 0 Å². The van der Waals surface area contributed by atoms with Crippen LogP contribution in [0.5, 0.6) is 0 Å². The van der Waals surface area contributed by atoms with Crippen molar-refractivity contribution in [2.75, 3.05) is 26.7 Å². The van der Waals surface area contributed by atoms with Crippen LogP contribution in [0.1, 0.15) is 30.7 Å². The van der Waals surface area contributed by atoms with Crippen LogP contribution in [0.2, 0.25) is 0 Å². The first-order chi connectivity index (χ1) is 7.81. The van der Waals surface area contributed by atoms with Crippen molar-refractivity contribution in [2.45, 2.75) is 25.8 Å². The Morgan fingerprint density at radius 1 is 1.69 bits per heavy atom. The molecule has 0 saturated carbocycles. The van der Waals surface area contributed by atoms with E-state index in [9.17, 15) is 0 Å². The monoisotopic (exact) mass is 239 g/mol.